The fraction of sp³-hybridized carbons (Fsp3) is 0.667. The molecule has 0 aliphatic heterocycles. The molecule has 6 heteroatoms. The van der Waals surface area contributed by atoms with Gasteiger partial charge in [-0.15, -0.1) is 0 Å². The van der Waals surface area contributed by atoms with Gasteiger partial charge in [0.1, 0.15) is 0 Å². The highest BCUT2D eigenvalue weighted by Crippen LogP contribution is 2.45. The second-order valence-electron chi connectivity index (χ2n) is 8.24. The maximum absolute atomic E-state index is 12.2. The average molecular weight is 394 g/mol. The molecule has 0 radical (unpaired) electrons. The molecule has 0 spiro atoms. The number of nitrogens with one attached hydrogen (secondary N) is 2. The monoisotopic (exact) mass is 393 g/mol. The fourth-order valence-electron chi connectivity index (χ4n) is 3.89. The maximum Gasteiger partial charge on any atom is 0.190 e. The van der Waals surface area contributed by atoms with Crippen LogP contribution < -0.4 is 10.6 Å². The van der Waals surface area contributed by atoms with Crippen molar-refractivity contribution >= 4 is 15.8 Å². The van der Waals surface area contributed by atoms with E-state index in [4.69, 9.17) is 0 Å². The lowest BCUT2D eigenvalue weighted by atomic mass is 9.64. The van der Waals surface area contributed by atoms with E-state index in [1.165, 1.54) is 25.7 Å². The molecule has 1 aromatic carbocycles. The van der Waals surface area contributed by atoms with Crippen LogP contribution in [0.4, 0.5) is 0 Å². The Kier molecular flexibility index (Phi) is 8.14. The molecular formula is C21H35N3O2S. The average Bonchev–Trinajstić information content (AvgIpc) is 2.58. The smallest absolute Gasteiger partial charge is 0.190 e. The Morgan fingerprint density at radius 3 is 2.44 bits per heavy atom. The van der Waals surface area contributed by atoms with Gasteiger partial charge in [0, 0.05) is 20.1 Å². The SMILES string of the molecule is CN=C(NCCCS(=O)(=O)Cc1ccccc1)NCC1(CC(C)C)CCC1. The molecule has 0 unspecified atom stereocenters. The van der Waals surface area contributed by atoms with Crippen LogP contribution in [-0.2, 0) is 15.6 Å². The molecular weight excluding hydrogens is 358 g/mol. The molecule has 1 fully saturated rings. The minimum Gasteiger partial charge on any atom is -0.356 e. The van der Waals surface area contributed by atoms with Crippen LogP contribution in [0, 0.1) is 11.3 Å². The van der Waals surface area contributed by atoms with Crippen LogP contribution in [0.2, 0.25) is 0 Å². The normalized spacial score (nSPS) is 16.8. The van der Waals surface area contributed by atoms with Crippen LogP contribution in [0.15, 0.2) is 35.3 Å². The van der Waals surface area contributed by atoms with Gasteiger partial charge in [-0.1, -0.05) is 50.6 Å². The largest absolute Gasteiger partial charge is 0.356 e. The van der Waals surface area contributed by atoms with E-state index in [9.17, 15) is 8.42 Å². The molecule has 5 nitrogen and oxygen atoms in total. The van der Waals surface area contributed by atoms with E-state index in [2.05, 4.69) is 29.5 Å². The lowest BCUT2D eigenvalue weighted by Gasteiger charge is -2.43. The third-order valence-corrected chi connectivity index (χ3v) is 6.95. The fourth-order valence-corrected chi connectivity index (χ4v) is 5.32. The summed E-state index contributed by atoms with van der Waals surface area (Å²) in [5.41, 5.74) is 1.25. The van der Waals surface area contributed by atoms with Gasteiger partial charge in [0.15, 0.2) is 15.8 Å². The summed E-state index contributed by atoms with van der Waals surface area (Å²) in [6.45, 7) is 6.11. The van der Waals surface area contributed by atoms with Crippen LogP contribution >= 0.6 is 0 Å². The van der Waals surface area contributed by atoms with Gasteiger partial charge in [-0.2, -0.15) is 0 Å². The van der Waals surface area contributed by atoms with E-state index < -0.39 is 9.84 Å². The Morgan fingerprint density at radius 2 is 1.89 bits per heavy atom. The first-order chi connectivity index (χ1) is 12.8. The molecule has 1 aliphatic carbocycles. The van der Waals surface area contributed by atoms with Gasteiger partial charge in [0.05, 0.1) is 11.5 Å². The van der Waals surface area contributed by atoms with E-state index in [1.807, 2.05) is 30.3 Å². The summed E-state index contributed by atoms with van der Waals surface area (Å²) in [5, 5.41) is 6.70. The molecule has 0 atom stereocenters. The van der Waals surface area contributed by atoms with Crippen LogP contribution in [0.25, 0.3) is 0 Å². The second kappa shape index (κ2) is 10.1. The zero-order chi connectivity index (χ0) is 19.8. The van der Waals surface area contributed by atoms with Crippen LogP contribution in [0.5, 0.6) is 0 Å². The Balaban J connectivity index is 1.70. The van der Waals surface area contributed by atoms with Gasteiger partial charge < -0.3 is 10.6 Å². The molecule has 0 bridgehead atoms. The number of rotatable bonds is 10. The minimum absolute atomic E-state index is 0.110. The van der Waals surface area contributed by atoms with Gasteiger partial charge in [-0.05, 0) is 42.6 Å². The second-order valence-corrected chi connectivity index (χ2v) is 10.4. The predicted octanol–water partition coefficient (Wildman–Crippen LogP) is 3.37. The molecule has 1 aromatic rings. The van der Waals surface area contributed by atoms with Crippen molar-refractivity contribution < 1.29 is 8.42 Å². The van der Waals surface area contributed by atoms with Gasteiger partial charge in [0.2, 0.25) is 0 Å². The van der Waals surface area contributed by atoms with E-state index in [1.54, 1.807) is 7.05 Å². The molecule has 1 aliphatic rings. The Labute approximate surface area is 165 Å². The lowest BCUT2D eigenvalue weighted by Crippen LogP contribution is -2.47. The van der Waals surface area contributed by atoms with Crippen molar-refractivity contribution in [2.75, 3.05) is 25.9 Å². The van der Waals surface area contributed by atoms with Gasteiger partial charge in [0.25, 0.3) is 0 Å². The Bertz CT molecular complexity index is 695. The van der Waals surface area contributed by atoms with E-state index >= 15 is 0 Å². The summed E-state index contributed by atoms with van der Waals surface area (Å²) in [4.78, 5) is 4.28. The molecule has 2 rings (SSSR count). The lowest BCUT2D eigenvalue weighted by molar-refractivity contribution is 0.104. The first kappa shape index (κ1) is 21.7. The number of guanidine groups is 1. The van der Waals surface area contributed by atoms with Crippen molar-refractivity contribution in [3.63, 3.8) is 0 Å². The van der Waals surface area contributed by atoms with Crippen LogP contribution in [-0.4, -0.2) is 40.3 Å². The molecule has 2 N–H and O–H groups in total. The standard InChI is InChI=1S/C21H35N3O2S/c1-18(2)15-21(11-7-12-21)17-24-20(22-3)23-13-8-14-27(25,26)16-19-9-5-4-6-10-19/h4-6,9-10,18H,7-8,11-17H2,1-3H3,(H2,22,23,24). The zero-order valence-electron chi connectivity index (χ0n) is 17.0. The number of hydrogen-bond acceptors (Lipinski definition) is 3. The summed E-state index contributed by atoms with van der Waals surface area (Å²) in [5.74, 6) is 1.77. The molecule has 0 saturated heterocycles. The predicted molar refractivity (Wildman–Crippen MR) is 114 cm³/mol. The van der Waals surface area contributed by atoms with Gasteiger partial charge in [-0.25, -0.2) is 8.42 Å². The van der Waals surface area contributed by atoms with Crippen molar-refractivity contribution in [1.29, 1.82) is 0 Å². The number of aliphatic imine (C=N–C) groups is 1. The van der Waals surface area contributed by atoms with Crippen molar-refractivity contribution in [3.8, 4) is 0 Å². The summed E-state index contributed by atoms with van der Waals surface area (Å²) in [6.07, 6.45) is 5.71. The topological polar surface area (TPSA) is 70.6 Å². The summed E-state index contributed by atoms with van der Waals surface area (Å²) < 4.78 is 24.5. The third kappa shape index (κ3) is 7.53. The van der Waals surface area contributed by atoms with Gasteiger partial charge >= 0.3 is 0 Å². The number of hydrogen-bond donors (Lipinski definition) is 2. The van der Waals surface area contributed by atoms with Crippen LogP contribution in [0.1, 0.15) is 51.5 Å². The van der Waals surface area contributed by atoms with Crippen molar-refractivity contribution in [1.82, 2.24) is 10.6 Å². The molecule has 0 heterocycles. The summed E-state index contributed by atoms with van der Waals surface area (Å²) in [7, 11) is -1.32. The van der Waals surface area contributed by atoms with Gasteiger partial charge in [-0.3, -0.25) is 4.99 Å². The van der Waals surface area contributed by atoms with E-state index in [0.717, 1.165) is 18.1 Å². The number of benzene rings is 1. The van der Waals surface area contributed by atoms with E-state index in [0.29, 0.717) is 24.3 Å². The first-order valence-corrected chi connectivity index (χ1v) is 11.9. The highest BCUT2D eigenvalue weighted by molar-refractivity contribution is 7.90. The van der Waals surface area contributed by atoms with Crippen molar-refractivity contribution in [3.05, 3.63) is 35.9 Å². The molecule has 0 amide bonds. The van der Waals surface area contributed by atoms with Crippen molar-refractivity contribution in [2.45, 2.75) is 51.7 Å². The zero-order valence-corrected chi connectivity index (χ0v) is 17.8. The number of nitrogens with zero attached hydrogens (tertiary/aromatic N) is 1. The first-order valence-electron chi connectivity index (χ1n) is 10.0. The van der Waals surface area contributed by atoms with Crippen molar-refractivity contribution in [2.24, 2.45) is 16.3 Å². The maximum atomic E-state index is 12.2. The molecule has 152 valence electrons. The number of sulfone groups is 1. The summed E-state index contributed by atoms with van der Waals surface area (Å²) in [6, 6.07) is 9.35. The third-order valence-electron chi connectivity index (χ3n) is 5.26. The quantitative estimate of drug-likeness (QED) is 0.363. The molecule has 1 saturated carbocycles. The highest BCUT2D eigenvalue weighted by Gasteiger charge is 2.37. The Morgan fingerprint density at radius 1 is 1.19 bits per heavy atom. The minimum atomic E-state index is -3.08. The van der Waals surface area contributed by atoms with Crippen LogP contribution in [0.3, 0.4) is 0 Å². The highest BCUT2D eigenvalue weighted by atomic mass is 32.2. The molecule has 27 heavy (non-hydrogen) atoms. The van der Waals surface area contributed by atoms with E-state index in [-0.39, 0.29) is 11.5 Å². The molecule has 0 aromatic heterocycles. The Hall–Kier alpha value is -1.56. The summed E-state index contributed by atoms with van der Waals surface area (Å²) >= 11 is 0.